The molecule has 0 saturated carbocycles. The monoisotopic (exact) mass is 345 g/mol. The summed E-state index contributed by atoms with van der Waals surface area (Å²) in [6.07, 6.45) is 0. The molecule has 1 aromatic carbocycles. The van der Waals surface area contributed by atoms with Crippen LogP contribution in [0.3, 0.4) is 0 Å². The Kier molecular flexibility index (Phi) is 5.74. The Labute approximate surface area is 145 Å². The largest absolute Gasteiger partial charge is 0.344 e. The Bertz CT molecular complexity index is 844. The number of carbonyl (C=O) groups is 2. The van der Waals surface area contributed by atoms with E-state index in [4.69, 9.17) is 0 Å². The van der Waals surface area contributed by atoms with Gasteiger partial charge in [-0.15, -0.1) is 0 Å². The van der Waals surface area contributed by atoms with Crippen LogP contribution in [0.2, 0.25) is 0 Å². The lowest BCUT2D eigenvalue weighted by atomic mass is 10.0. The molecule has 2 amide bonds. The summed E-state index contributed by atoms with van der Waals surface area (Å²) in [5.74, 6) is -0.549. The zero-order chi connectivity index (χ0) is 18.6. The number of rotatable bonds is 6. The molecule has 0 saturated heterocycles. The normalized spacial score (nSPS) is 12.0. The van der Waals surface area contributed by atoms with Gasteiger partial charge >= 0.3 is 0 Å². The van der Waals surface area contributed by atoms with Crippen LogP contribution in [0.1, 0.15) is 27.7 Å². The highest BCUT2D eigenvalue weighted by molar-refractivity contribution is 5.87. The Morgan fingerprint density at radius 2 is 1.92 bits per heavy atom. The van der Waals surface area contributed by atoms with Crippen molar-refractivity contribution in [2.24, 2.45) is 5.92 Å². The Hall–Kier alpha value is -2.90. The van der Waals surface area contributed by atoms with Crippen LogP contribution in [0, 0.1) is 5.92 Å². The van der Waals surface area contributed by atoms with E-state index in [1.165, 1.54) is 11.5 Å². The molecule has 1 heterocycles. The molecule has 1 atom stereocenters. The second-order valence-electron chi connectivity index (χ2n) is 6.04. The van der Waals surface area contributed by atoms with Gasteiger partial charge in [-0.25, -0.2) is 4.98 Å². The third-order valence-corrected chi connectivity index (χ3v) is 3.78. The molecule has 134 valence electrons. The molecule has 8 nitrogen and oxygen atoms in total. The summed E-state index contributed by atoms with van der Waals surface area (Å²) >= 11 is 0. The maximum Gasteiger partial charge on any atom is 0.262 e. The second kappa shape index (κ2) is 7.78. The van der Waals surface area contributed by atoms with Crippen LogP contribution < -0.4 is 21.7 Å². The lowest BCUT2D eigenvalue weighted by molar-refractivity contribution is -0.128. The van der Waals surface area contributed by atoms with E-state index in [0.717, 1.165) is 0 Å². The molecular weight excluding hydrogens is 322 g/mol. The molecular formula is C17H23N5O3. The highest BCUT2D eigenvalue weighted by atomic mass is 16.2. The molecule has 0 spiro atoms. The Balaban J connectivity index is 2.26. The van der Waals surface area contributed by atoms with Crippen molar-refractivity contribution < 1.29 is 9.59 Å². The van der Waals surface area contributed by atoms with Gasteiger partial charge in [0.1, 0.15) is 6.04 Å². The molecule has 0 bridgehead atoms. The maximum atomic E-state index is 12.5. The molecule has 0 aliphatic heterocycles. The van der Waals surface area contributed by atoms with Crippen LogP contribution in [-0.2, 0) is 16.1 Å². The predicted molar refractivity (Wildman–Crippen MR) is 95.9 cm³/mol. The summed E-state index contributed by atoms with van der Waals surface area (Å²) in [5, 5.41) is 3.12. The van der Waals surface area contributed by atoms with E-state index in [9.17, 15) is 14.4 Å². The third kappa shape index (κ3) is 4.14. The summed E-state index contributed by atoms with van der Waals surface area (Å²) < 4.78 is 1.44. The topological polar surface area (TPSA) is 105 Å². The minimum atomic E-state index is -0.688. The number of hydrogen-bond donors (Lipinski definition) is 3. The van der Waals surface area contributed by atoms with E-state index in [-0.39, 0.29) is 23.3 Å². The van der Waals surface area contributed by atoms with Gasteiger partial charge in [-0.05, 0) is 25.0 Å². The van der Waals surface area contributed by atoms with E-state index >= 15 is 0 Å². The molecule has 2 aromatic rings. The van der Waals surface area contributed by atoms with Crippen molar-refractivity contribution in [3.63, 3.8) is 0 Å². The minimum Gasteiger partial charge on any atom is -0.344 e. The van der Waals surface area contributed by atoms with Crippen LogP contribution in [0.5, 0.6) is 0 Å². The summed E-state index contributed by atoms with van der Waals surface area (Å²) in [6, 6.07) is 6.33. The lowest BCUT2D eigenvalue weighted by Crippen LogP contribution is -2.51. The van der Waals surface area contributed by atoms with Crippen molar-refractivity contribution in [2.45, 2.75) is 40.3 Å². The highest BCUT2D eigenvalue weighted by Crippen LogP contribution is 2.10. The first kappa shape index (κ1) is 18.4. The lowest BCUT2D eigenvalue weighted by Gasteiger charge is -2.22. The van der Waals surface area contributed by atoms with Gasteiger partial charge in [0.05, 0.1) is 10.9 Å². The van der Waals surface area contributed by atoms with E-state index in [2.05, 4.69) is 21.2 Å². The summed E-state index contributed by atoms with van der Waals surface area (Å²) in [4.78, 5) is 40.5. The van der Waals surface area contributed by atoms with Crippen molar-refractivity contribution in [2.75, 3.05) is 5.43 Å². The van der Waals surface area contributed by atoms with Crippen LogP contribution in [0.15, 0.2) is 29.1 Å². The number of benzene rings is 1. The van der Waals surface area contributed by atoms with Crippen LogP contribution in [0.25, 0.3) is 10.9 Å². The van der Waals surface area contributed by atoms with Gasteiger partial charge in [-0.1, -0.05) is 26.0 Å². The first-order valence-electron chi connectivity index (χ1n) is 8.17. The van der Waals surface area contributed by atoms with Crippen molar-refractivity contribution in [1.29, 1.82) is 0 Å². The van der Waals surface area contributed by atoms with Gasteiger partial charge in [0.25, 0.3) is 11.5 Å². The highest BCUT2D eigenvalue weighted by Gasteiger charge is 2.23. The number of aromatic nitrogens is 2. The fourth-order valence-electron chi connectivity index (χ4n) is 2.51. The van der Waals surface area contributed by atoms with Gasteiger partial charge in [0.2, 0.25) is 11.9 Å². The average molecular weight is 345 g/mol. The molecule has 0 fully saturated rings. The second-order valence-corrected chi connectivity index (χ2v) is 6.04. The number of carbonyl (C=O) groups excluding carboxylic acids is 2. The zero-order valence-electron chi connectivity index (χ0n) is 14.8. The van der Waals surface area contributed by atoms with Crippen molar-refractivity contribution >= 4 is 28.7 Å². The standard InChI is InChI=1S/C17H23N5O3/c1-5-22-16(25)12-8-6-7-9-13(12)19-17(22)21-20-15(24)14(10(2)3)18-11(4)23/h6-10,14H,5H2,1-4H3,(H,18,23)(H,19,21)(H,20,24)/t14-/m1/s1. The molecule has 25 heavy (non-hydrogen) atoms. The minimum absolute atomic E-state index is 0.0939. The third-order valence-electron chi connectivity index (χ3n) is 3.78. The number of fused-ring (bicyclic) bond motifs is 1. The van der Waals surface area contributed by atoms with Gasteiger partial charge < -0.3 is 5.32 Å². The van der Waals surface area contributed by atoms with E-state index < -0.39 is 11.9 Å². The molecule has 3 N–H and O–H groups in total. The van der Waals surface area contributed by atoms with E-state index in [1.54, 1.807) is 24.3 Å². The quantitative estimate of drug-likeness (QED) is 0.678. The van der Waals surface area contributed by atoms with Crippen LogP contribution in [-0.4, -0.2) is 27.4 Å². The molecule has 2 rings (SSSR count). The van der Waals surface area contributed by atoms with Gasteiger partial charge in [0, 0.05) is 13.5 Å². The summed E-state index contributed by atoms with van der Waals surface area (Å²) in [5.41, 5.74) is 5.58. The van der Waals surface area contributed by atoms with Crippen molar-refractivity contribution in [3.05, 3.63) is 34.6 Å². The van der Waals surface area contributed by atoms with Crippen molar-refractivity contribution in [1.82, 2.24) is 20.3 Å². The number of hydrazine groups is 1. The fraction of sp³-hybridized carbons (Fsp3) is 0.412. The molecule has 8 heteroatoms. The van der Waals surface area contributed by atoms with Gasteiger partial charge in [-0.2, -0.15) is 0 Å². The number of hydrogen-bond acceptors (Lipinski definition) is 5. The summed E-state index contributed by atoms with van der Waals surface area (Å²) in [6.45, 7) is 7.23. The van der Waals surface area contributed by atoms with Crippen LogP contribution >= 0.6 is 0 Å². The van der Waals surface area contributed by atoms with E-state index in [0.29, 0.717) is 17.4 Å². The fourth-order valence-corrected chi connectivity index (χ4v) is 2.51. The van der Waals surface area contributed by atoms with Gasteiger partial charge in [0.15, 0.2) is 0 Å². The Morgan fingerprint density at radius 1 is 1.24 bits per heavy atom. The van der Waals surface area contributed by atoms with E-state index in [1.807, 2.05) is 20.8 Å². The van der Waals surface area contributed by atoms with Crippen molar-refractivity contribution in [3.8, 4) is 0 Å². The number of nitrogens with zero attached hydrogens (tertiary/aromatic N) is 2. The Morgan fingerprint density at radius 3 is 2.52 bits per heavy atom. The SMILES string of the molecule is CCn1c(NNC(=O)[C@H](NC(C)=O)C(C)C)nc2ccccc2c1=O. The molecule has 0 aliphatic carbocycles. The number of amides is 2. The maximum absolute atomic E-state index is 12.5. The molecule has 0 aliphatic rings. The molecule has 0 unspecified atom stereocenters. The number of anilines is 1. The number of para-hydroxylation sites is 1. The summed E-state index contributed by atoms with van der Waals surface area (Å²) in [7, 11) is 0. The molecule has 0 radical (unpaired) electrons. The average Bonchev–Trinajstić information content (AvgIpc) is 2.57. The predicted octanol–water partition coefficient (Wildman–Crippen LogP) is 1.02. The first-order valence-corrected chi connectivity index (χ1v) is 8.17. The number of nitrogens with one attached hydrogen (secondary N) is 3. The van der Waals surface area contributed by atoms with Gasteiger partial charge in [-0.3, -0.25) is 29.8 Å². The van der Waals surface area contributed by atoms with Crippen LogP contribution in [0.4, 0.5) is 5.95 Å². The smallest absolute Gasteiger partial charge is 0.262 e. The zero-order valence-corrected chi connectivity index (χ0v) is 14.8. The molecule has 1 aromatic heterocycles. The first-order chi connectivity index (χ1) is 11.8.